The van der Waals surface area contributed by atoms with Crippen LogP contribution in [0.1, 0.15) is 16.1 Å². The van der Waals surface area contributed by atoms with Crippen LogP contribution in [0.25, 0.3) is 28.2 Å². The van der Waals surface area contributed by atoms with Crippen molar-refractivity contribution in [3.63, 3.8) is 0 Å². The second kappa shape index (κ2) is 8.69. The van der Waals surface area contributed by atoms with E-state index in [1.807, 2.05) is 83.7 Å². The quantitative estimate of drug-likeness (QED) is 0.430. The summed E-state index contributed by atoms with van der Waals surface area (Å²) in [5, 5.41) is 14.8. The molecule has 0 aliphatic rings. The molecule has 0 atom stereocenters. The lowest BCUT2D eigenvalue weighted by Crippen LogP contribution is -2.23. The van der Waals surface area contributed by atoms with Crippen molar-refractivity contribution in [1.82, 2.24) is 30.3 Å². The Kier molecular flexibility index (Phi) is 5.28. The molecular formula is C25H20N6O. The van der Waals surface area contributed by atoms with Gasteiger partial charge in [-0.25, -0.2) is 4.68 Å². The second-order valence-electron chi connectivity index (χ2n) is 7.23. The SMILES string of the molecule is O=C(NCc1cn(-c2ccccc2)nc1-c1ccncc1)c1cc(-c2ccccc2)n[nH]1. The van der Waals surface area contributed by atoms with Crippen molar-refractivity contribution in [2.45, 2.75) is 6.54 Å². The highest BCUT2D eigenvalue weighted by molar-refractivity contribution is 5.93. The first-order valence-electron chi connectivity index (χ1n) is 10.2. The summed E-state index contributed by atoms with van der Waals surface area (Å²) >= 11 is 0. The Morgan fingerprint density at radius 2 is 1.62 bits per heavy atom. The summed E-state index contributed by atoms with van der Waals surface area (Å²) in [6.07, 6.45) is 5.40. The number of benzene rings is 2. The monoisotopic (exact) mass is 420 g/mol. The van der Waals surface area contributed by atoms with Gasteiger partial charge in [0.15, 0.2) is 0 Å². The van der Waals surface area contributed by atoms with Crippen molar-refractivity contribution in [3.05, 3.63) is 109 Å². The maximum Gasteiger partial charge on any atom is 0.269 e. The van der Waals surface area contributed by atoms with Gasteiger partial charge in [-0.1, -0.05) is 48.5 Å². The van der Waals surface area contributed by atoms with Crippen molar-refractivity contribution in [3.8, 4) is 28.2 Å². The molecule has 0 radical (unpaired) electrons. The molecule has 0 aliphatic heterocycles. The van der Waals surface area contributed by atoms with Crippen molar-refractivity contribution in [2.75, 3.05) is 0 Å². The number of rotatable bonds is 6. The largest absolute Gasteiger partial charge is 0.347 e. The number of para-hydroxylation sites is 1. The Bertz CT molecular complexity index is 1330. The van der Waals surface area contributed by atoms with E-state index < -0.39 is 0 Å². The number of amides is 1. The van der Waals surface area contributed by atoms with E-state index in [2.05, 4.69) is 20.5 Å². The van der Waals surface area contributed by atoms with Gasteiger partial charge in [-0.15, -0.1) is 0 Å². The molecule has 0 bridgehead atoms. The zero-order valence-electron chi connectivity index (χ0n) is 17.1. The fourth-order valence-corrected chi connectivity index (χ4v) is 3.47. The Hall–Kier alpha value is -4.52. The molecule has 3 aromatic heterocycles. The summed E-state index contributed by atoms with van der Waals surface area (Å²) in [5.74, 6) is -0.229. The van der Waals surface area contributed by atoms with Crippen molar-refractivity contribution < 1.29 is 4.79 Å². The first kappa shape index (κ1) is 19.4. The summed E-state index contributed by atoms with van der Waals surface area (Å²) in [4.78, 5) is 16.9. The Morgan fingerprint density at radius 1 is 0.906 bits per heavy atom. The molecule has 7 nitrogen and oxygen atoms in total. The van der Waals surface area contributed by atoms with Crippen LogP contribution in [0, 0.1) is 0 Å². The fraction of sp³-hybridized carbons (Fsp3) is 0.0400. The van der Waals surface area contributed by atoms with Crippen LogP contribution < -0.4 is 5.32 Å². The van der Waals surface area contributed by atoms with Gasteiger partial charge in [-0.3, -0.25) is 14.9 Å². The molecule has 5 aromatic rings. The van der Waals surface area contributed by atoms with Gasteiger partial charge in [-0.2, -0.15) is 10.2 Å². The Labute approximate surface area is 184 Å². The maximum atomic E-state index is 12.8. The van der Waals surface area contributed by atoms with Crippen molar-refractivity contribution in [2.24, 2.45) is 0 Å². The van der Waals surface area contributed by atoms with E-state index >= 15 is 0 Å². The van der Waals surface area contributed by atoms with E-state index in [1.54, 1.807) is 18.5 Å². The molecule has 5 rings (SSSR count). The molecule has 0 unspecified atom stereocenters. The van der Waals surface area contributed by atoms with E-state index in [0.29, 0.717) is 12.2 Å². The number of H-pyrrole nitrogens is 1. The number of pyridine rings is 1. The predicted octanol–water partition coefficient (Wildman–Crippen LogP) is 4.25. The average Bonchev–Trinajstić information content (AvgIpc) is 3.52. The van der Waals surface area contributed by atoms with Gasteiger partial charge in [0, 0.05) is 41.8 Å². The van der Waals surface area contributed by atoms with Gasteiger partial charge in [0.1, 0.15) is 5.69 Å². The number of carbonyl (C=O) groups excluding carboxylic acids is 1. The van der Waals surface area contributed by atoms with Crippen molar-refractivity contribution >= 4 is 5.91 Å². The van der Waals surface area contributed by atoms with Crippen LogP contribution in [0.3, 0.4) is 0 Å². The first-order valence-corrected chi connectivity index (χ1v) is 10.2. The number of hydrogen-bond acceptors (Lipinski definition) is 4. The van der Waals surface area contributed by atoms with Gasteiger partial charge in [0.2, 0.25) is 0 Å². The van der Waals surface area contributed by atoms with Crippen LogP contribution in [0.4, 0.5) is 0 Å². The van der Waals surface area contributed by atoms with E-state index in [9.17, 15) is 4.79 Å². The minimum Gasteiger partial charge on any atom is -0.347 e. The van der Waals surface area contributed by atoms with Crippen LogP contribution in [0.5, 0.6) is 0 Å². The lowest BCUT2D eigenvalue weighted by atomic mass is 10.1. The first-order chi connectivity index (χ1) is 15.8. The summed E-state index contributed by atoms with van der Waals surface area (Å²) in [6, 6.07) is 25.2. The lowest BCUT2D eigenvalue weighted by Gasteiger charge is -2.04. The van der Waals surface area contributed by atoms with Gasteiger partial charge < -0.3 is 5.32 Å². The third-order valence-electron chi connectivity index (χ3n) is 5.10. The minimum atomic E-state index is -0.229. The highest BCUT2D eigenvalue weighted by Crippen LogP contribution is 2.23. The van der Waals surface area contributed by atoms with Crippen LogP contribution in [0.2, 0.25) is 0 Å². The molecule has 2 N–H and O–H groups in total. The molecule has 3 heterocycles. The van der Waals surface area contributed by atoms with Crippen LogP contribution in [-0.4, -0.2) is 30.9 Å². The number of nitrogens with one attached hydrogen (secondary N) is 2. The summed E-state index contributed by atoms with van der Waals surface area (Å²) < 4.78 is 1.82. The smallest absolute Gasteiger partial charge is 0.269 e. The predicted molar refractivity (Wildman–Crippen MR) is 122 cm³/mol. The maximum absolute atomic E-state index is 12.8. The number of hydrogen-bond donors (Lipinski definition) is 2. The Balaban J connectivity index is 1.38. The summed E-state index contributed by atoms with van der Waals surface area (Å²) in [7, 11) is 0. The molecule has 32 heavy (non-hydrogen) atoms. The summed E-state index contributed by atoms with van der Waals surface area (Å²) in [6.45, 7) is 0.322. The molecular weight excluding hydrogens is 400 g/mol. The molecule has 1 amide bonds. The van der Waals surface area contributed by atoms with Crippen LogP contribution in [-0.2, 0) is 6.54 Å². The average molecular weight is 420 g/mol. The molecule has 156 valence electrons. The lowest BCUT2D eigenvalue weighted by molar-refractivity contribution is 0.0946. The number of nitrogens with zero attached hydrogens (tertiary/aromatic N) is 4. The van der Waals surface area contributed by atoms with E-state index in [0.717, 1.165) is 33.8 Å². The molecule has 7 heteroatoms. The molecule has 0 aliphatic carbocycles. The van der Waals surface area contributed by atoms with Gasteiger partial charge >= 0.3 is 0 Å². The number of aromatic amines is 1. The topological polar surface area (TPSA) is 88.5 Å². The summed E-state index contributed by atoms with van der Waals surface area (Å²) in [5.41, 5.74) is 5.66. The third-order valence-corrected chi connectivity index (χ3v) is 5.10. The fourth-order valence-electron chi connectivity index (χ4n) is 3.47. The van der Waals surface area contributed by atoms with Gasteiger partial charge in [0.25, 0.3) is 5.91 Å². The van der Waals surface area contributed by atoms with Gasteiger partial charge in [0.05, 0.1) is 17.1 Å². The Morgan fingerprint density at radius 3 is 2.38 bits per heavy atom. The van der Waals surface area contributed by atoms with Crippen molar-refractivity contribution in [1.29, 1.82) is 0 Å². The molecule has 0 saturated heterocycles. The zero-order valence-corrected chi connectivity index (χ0v) is 17.1. The van der Waals surface area contributed by atoms with E-state index in [-0.39, 0.29) is 5.91 Å². The van der Waals surface area contributed by atoms with Gasteiger partial charge in [-0.05, 0) is 30.3 Å². The molecule has 0 saturated carbocycles. The van der Waals surface area contributed by atoms with E-state index in [4.69, 9.17) is 5.10 Å². The standard InChI is InChI=1S/C25H20N6O/c32-25(23-15-22(28-29-23)18-7-3-1-4-8-18)27-16-20-17-31(21-9-5-2-6-10-21)30-24(20)19-11-13-26-14-12-19/h1-15,17H,16H2,(H,27,32)(H,28,29). The highest BCUT2D eigenvalue weighted by atomic mass is 16.1. The molecule has 0 spiro atoms. The third kappa shape index (κ3) is 4.04. The normalized spacial score (nSPS) is 10.8. The highest BCUT2D eigenvalue weighted by Gasteiger charge is 2.15. The van der Waals surface area contributed by atoms with Crippen LogP contribution in [0.15, 0.2) is 97.5 Å². The van der Waals surface area contributed by atoms with E-state index in [1.165, 1.54) is 0 Å². The number of aromatic nitrogens is 5. The zero-order chi connectivity index (χ0) is 21.8. The molecule has 2 aromatic carbocycles. The van der Waals surface area contributed by atoms with Crippen LogP contribution >= 0.6 is 0 Å². The number of carbonyl (C=O) groups is 1. The minimum absolute atomic E-state index is 0.229. The molecule has 0 fully saturated rings. The second-order valence-corrected chi connectivity index (χ2v) is 7.23.